The molecule has 15 nitrogen and oxygen atoms in total. The number of benzene rings is 1. The summed E-state index contributed by atoms with van der Waals surface area (Å²) in [4.78, 5) is 31.3. The highest BCUT2D eigenvalue weighted by atomic mass is 35.5. The van der Waals surface area contributed by atoms with Crippen LogP contribution in [0.15, 0.2) is 41.0 Å². The number of aliphatic hydroxyl groups excluding tert-OH is 1. The fourth-order valence-corrected chi connectivity index (χ4v) is 4.34. The molecule has 1 fully saturated rings. The molecule has 0 amide bonds. The average molecular weight is 529 g/mol. The van der Waals surface area contributed by atoms with Crippen molar-refractivity contribution in [1.82, 2.24) is 24.8 Å². The lowest BCUT2D eigenvalue weighted by Gasteiger charge is -2.17. The minimum atomic E-state index is -1.53. The Morgan fingerprint density at radius 1 is 1.41 bits per heavy atom. The number of amidine groups is 1. The van der Waals surface area contributed by atoms with Crippen LogP contribution in [-0.2, 0) is 16.1 Å². The number of aliphatic hydroxyl groups is 1. The smallest absolute Gasteiger partial charge is 0.333 e. The van der Waals surface area contributed by atoms with Crippen molar-refractivity contribution in [2.24, 2.45) is 10.1 Å². The summed E-state index contributed by atoms with van der Waals surface area (Å²) in [5.74, 6) is 0.414. The van der Waals surface area contributed by atoms with Gasteiger partial charge in [-0.25, -0.2) is 19.7 Å². The van der Waals surface area contributed by atoms with Crippen molar-refractivity contribution in [2.45, 2.75) is 31.0 Å². The molecule has 0 spiro atoms. The van der Waals surface area contributed by atoms with Gasteiger partial charge in [0, 0.05) is 28.6 Å². The minimum Gasteiger partial charge on any atom is -0.485 e. The lowest BCUT2D eigenvalue weighted by molar-refractivity contribution is -0.152. The summed E-state index contributed by atoms with van der Waals surface area (Å²) in [6, 6.07) is 3.96. The molecule has 0 aliphatic carbocycles. The predicted octanol–water partition coefficient (Wildman–Crippen LogP) is 1.49. The molecule has 4 N–H and O–H groups in total. The number of aliphatic carboxylic acids is 1. The van der Waals surface area contributed by atoms with E-state index in [1.54, 1.807) is 18.2 Å². The van der Waals surface area contributed by atoms with E-state index >= 15 is 0 Å². The number of aliphatic imine (C=N–C) groups is 1. The first kappa shape index (κ1) is 24.5. The number of halogens is 1. The van der Waals surface area contributed by atoms with Gasteiger partial charge in [-0.2, -0.15) is 0 Å². The molecule has 192 valence electrons. The quantitative estimate of drug-likeness (QED) is 0.179. The second-order valence-electron chi connectivity index (χ2n) is 8.17. The Hall–Kier alpha value is -4.17. The van der Waals surface area contributed by atoms with Gasteiger partial charge in [-0.3, -0.25) is 9.56 Å². The van der Waals surface area contributed by atoms with Crippen molar-refractivity contribution in [1.29, 1.82) is 0 Å². The maximum Gasteiger partial charge on any atom is 0.333 e. The summed E-state index contributed by atoms with van der Waals surface area (Å²) in [6.45, 7) is 2.10. The van der Waals surface area contributed by atoms with E-state index in [2.05, 4.69) is 40.6 Å². The van der Waals surface area contributed by atoms with Gasteiger partial charge in [0.25, 0.3) is 0 Å². The molecule has 2 aliphatic rings. The average Bonchev–Trinajstić information content (AvgIpc) is 3.62. The fraction of sp³-hybridized carbons (Fsp3) is 0.381. The number of anilines is 1. The van der Waals surface area contributed by atoms with Gasteiger partial charge < -0.3 is 30.3 Å². The Balaban J connectivity index is 1.37. The second kappa shape index (κ2) is 10.4. The third-order valence-corrected chi connectivity index (χ3v) is 6.11. The number of imidazole rings is 1. The molecule has 4 heterocycles. The van der Waals surface area contributed by atoms with Crippen LogP contribution in [0.1, 0.15) is 11.8 Å². The number of nitrogens with one attached hydrogen (secondary N) is 2. The first-order chi connectivity index (χ1) is 18.0. The van der Waals surface area contributed by atoms with Gasteiger partial charge >= 0.3 is 5.97 Å². The van der Waals surface area contributed by atoms with Crippen LogP contribution in [0.3, 0.4) is 0 Å². The summed E-state index contributed by atoms with van der Waals surface area (Å²) in [6.07, 6.45) is -1.52. The maximum atomic E-state index is 11.5. The number of fused-ring (bicyclic) bond motifs is 1. The van der Waals surface area contributed by atoms with E-state index in [0.717, 1.165) is 24.5 Å². The lowest BCUT2D eigenvalue weighted by atomic mass is 10.1. The number of hydrogen-bond acceptors (Lipinski definition) is 11. The highest BCUT2D eigenvalue weighted by molar-refractivity contribution is 6.30. The topological polar surface area (TPSA) is 205 Å². The van der Waals surface area contributed by atoms with Crippen LogP contribution in [0.2, 0.25) is 5.02 Å². The number of ether oxygens (including phenoxy) is 2. The Morgan fingerprint density at radius 3 is 3.03 bits per heavy atom. The van der Waals surface area contributed by atoms with Gasteiger partial charge in [0.1, 0.15) is 36.7 Å². The summed E-state index contributed by atoms with van der Waals surface area (Å²) in [7, 11) is 0. The van der Waals surface area contributed by atoms with Crippen molar-refractivity contribution in [3.05, 3.63) is 51.9 Å². The van der Waals surface area contributed by atoms with Crippen molar-refractivity contribution < 1.29 is 24.5 Å². The van der Waals surface area contributed by atoms with Gasteiger partial charge in [-0.1, -0.05) is 16.7 Å². The predicted molar refractivity (Wildman–Crippen MR) is 130 cm³/mol. The van der Waals surface area contributed by atoms with E-state index in [4.69, 9.17) is 26.6 Å². The number of azide groups is 1. The molecule has 37 heavy (non-hydrogen) atoms. The lowest BCUT2D eigenvalue weighted by Crippen LogP contribution is -2.34. The number of rotatable bonds is 9. The number of carbonyl (C=O) groups is 1. The molecule has 4 unspecified atom stereocenters. The zero-order valence-corrected chi connectivity index (χ0v) is 19.9. The third-order valence-electron chi connectivity index (χ3n) is 5.88. The molecule has 0 radical (unpaired) electrons. The molecule has 1 aromatic carbocycles. The van der Waals surface area contributed by atoms with Crippen LogP contribution in [0.5, 0.6) is 5.75 Å². The van der Waals surface area contributed by atoms with E-state index in [9.17, 15) is 15.0 Å². The highest BCUT2D eigenvalue weighted by Gasteiger charge is 2.48. The van der Waals surface area contributed by atoms with Crippen LogP contribution in [0.25, 0.3) is 21.6 Å². The first-order valence-corrected chi connectivity index (χ1v) is 11.5. The van der Waals surface area contributed by atoms with Crippen LogP contribution < -0.4 is 15.4 Å². The monoisotopic (exact) mass is 528 g/mol. The molecule has 16 heteroatoms. The van der Waals surface area contributed by atoms with E-state index < -0.39 is 30.4 Å². The molecule has 4 atom stereocenters. The summed E-state index contributed by atoms with van der Waals surface area (Å²) in [5.41, 5.74) is 10.2. The molecule has 3 aromatic rings. The molecule has 2 aromatic heterocycles. The molecule has 0 saturated carbocycles. The SMILES string of the molecule is [N-]=[N+]=NC1C(C(=O)O)OC(n2cnc3c(NCc4cc(Cl)ccc4OCC4=NCCN4)ncnc32)C1O. The third kappa shape index (κ3) is 4.93. The zero-order valence-electron chi connectivity index (χ0n) is 19.1. The van der Waals surface area contributed by atoms with Crippen molar-refractivity contribution >= 4 is 40.4 Å². The van der Waals surface area contributed by atoms with E-state index in [1.165, 1.54) is 17.2 Å². The molecule has 1 saturated heterocycles. The number of carboxylic acids is 1. The Bertz CT molecular complexity index is 1410. The summed E-state index contributed by atoms with van der Waals surface area (Å²) >= 11 is 6.21. The molecular weight excluding hydrogens is 508 g/mol. The number of aromatic nitrogens is 4. The molecular formula is C21H21ClN10O5. The van der Waals surface area contributed by atoms with Gasteiger partial charge in [0.05, 0.1) is 12.9 Å². The maximum absolute atomic E-state index is 11.5. The normalized spacial score (nSPS) is 22.8. The van der Waals surface area contributed by atoms with Crippen molar-refractivity contribution in [3.63, 3.8) is 0 Å². The van der Waals surface area contributed by atoms with Gasteiger partial charge in [0.2, 0.25) is 0 Å². The Labute approximate surface area is 213 Å². The first-order valence-electron chi connectivity index (χ1n) is 11.2. The van der Waals surface area contributed by atoms with Gasteiger partial charge in [-0.15, -0.1) is 0 Å². The van der Waals surface area contributed by atoms with E-state index in [0.29, 0.717) is 28.7 Å². The second-order valence-corrected chi connectivity index (χ2v) is 8.60. The largest absolute Gasteiger partial charge is 0.485 e. The zero-order chi connectivity index (χ0) is 25.9. The Morgan fingerprint density at radius 2 is 2.27 bits per heavy atom. The van der Waals surface area contributed by atoms with Crippen LogP contribution in [-0.4, -0.2) is 79.5 Å². The van der Waals surface area contributed by atoms with Gasteiger partial charge in [-0.05, 0) is 23.7 Å². The van der Waals surface area contributed by atoms with Crippen LogP contribution >= 0.6 is 11.6 Å². The minimum absolute atomic E-state index is 0.278. The molecule has 2 aliphatic heterocycles. The number of hydrogen-bond donors (Lipinski definition) is 4. The summed E-state index contributed by atoms with van der Waals surface area (Å²) in [5, 5.41) is 30.3. The van der Waals surface area contributed by atoms with Crippen LogP contribution in [0, 0.1) is 0 Å². The van der Waals surface area contributed by atoms with Gasteiger partial charge in [0.15, 0.2) is 29.3 Å². The molecule has 5 rings (SSSR count). The van der Waals surface area contributed by atoms with Crippen molar-refractivity contribution in [2.75, 3.05) is 25.0 Å². The number of carboxylic acid groups (broad SMARTS) is 1. The summed E-state index contributed by atoms with van der Waals surface area (Å²) < 4.78 is 12.8. The number of nitrogens with zero attached hydrogens (tertiary/aromatic N) is 8. The standard InChI is InChI=1S/C21H21ClN10O5/c22-11-1-2-12(36-7-13-24-3-4-25-13)10(5-11)6-26-18-15-19(28-8-27-18)32(9-29-15)20-16(33)14(30-31-23)17(37-20)21(34)35/h1-2,5,8-9,14,16-17,20,33H,3-4,6-7H2,(H,24,25)(H,34,35)(H,26,27,28). The van der Waals surface area contributed by atoms with Crippen molar-refractivity contribution in [3.8, 4) is 5.75 Å². The molecule has 0 bridgehead atoms. The van der Waals surface area contributed by atoms with E-state index in [-0.39, 0.29) is 12.2 Å². The van der Waals surface area contributed by atoms with Crippen LogP contribution in [0.4, 0.5) is 5.82 Å². The highest BCUT2D eigenvalue weighted by Crippen LogP contribution is 2.34. The Kier molecular flexibility index (Phi) is 6.92. The fourth-order valence-electron chi connectivity index (χ4n) is 4.15. The van der Waals surface area contributed by atoms with E-state index in [1.807, 2.05) is 0 Å².